The van der Waals surface area contributed by atoms with E-state index in [1.54, 1.807) is 6.92 Å². The van der Waals surface area contributed by atoms with E-state index in [-0.39, 0.29) is 5.92 Å². The molecule has 3 nitrogen and oxygen atoms in total. The third-order valence-corrected chi connectivity index (χ3v) is 0.955. The summed E-state index contributed by atoms with van der Waals surface area (Å²) < 4.78 is 0. The monoisotopic (exact) mass is 104 g/mol. The van der Waals surface area contributed by atoms with E-state index < -0.39 is 6.23 Å². The summed E-state index contributed by atoms with van der Waals surface area (Å²) in [6.07, 6.45) is -0.759. The van der Waals surface area contributed by atoms with Gasteiger partial charge >= 0.3 is 0 Å². The minimum Gasteiger partial charge on any atom is -0.379 e. The number of hydrogen-bond donors (Lipinski definition) is 3. The van der Waals surface area contributed by atoms with E-state index in [0.717, 1.165) is 0 Å². The molecule has 2 unspecified atom stereocenters. The van der Waals surface area contributed by atoms with E-state index in [1.165, 1.54) is 0 Å². The molecule has 0 aliphatic heterocycles. The van der Waals surface area contributed by atoms with Crippen molar-refractivity contribution in [1.29, 1.82) is 0 Å². The van der Waals surface area contributed by atoms with E-state index in [4.69, 9.17) is 16.6 Å². The molecule has 0 radical (unpaired) electrons. The summed E-state index contributed by atoms with van der Waals surface area (Å²) in [6.45, 7) is 2.24. The molecule has 0 bridgehead atoms. The van der Waals surface area contributed by atoms with Crippen molar-refractivity contribution in [2.75, 3.05) is 6.54 Å². The predicted octanol–water partition coefficient (Wildman–Crippen LogP) is -1.14. The van der Waals surface area contributed by atoms with Crippen molar-refractivity contribution >= 4 is 0 Å². The summed E-state index contributed by atoms with van der Waals surface area (Å²) in [7, 11) is 0. The fourth-order valence-electron chi connectivity index (χ4n) is 0.139. The fraction of sp³-hybridized carbons (Fsp3) is 1.00. The topological polar surface area (TPSA) is 72.3 Å². The zero-order valence-electron chi connectivity index (χ0n) is 4.46. The van der Waals surface area contributed by atoms with Gasteiger partial charge in [-0.1, -0.05) is 6.92 Å². The molecular weight excluding hydrogens is 92.1 g/mol. The number of hydrogen-bond acceptors (Lipinski definition) is 3. The highest BCUT2D eigenvalue weighted by Crippen LogP contribution is 1.90. The molecule has 0 saturated heterocycles. The van der Waals surface area contributed by atoms with Crippen LogP contribution in [-0.2, 0) is 0 Å². The Morgan fingerprint density at radius 3 is 2.14 bits per heavy atom. The largest absolute Gasteiger partial charge is 0.379 e. The maximum Gasteiger partial charge on any atom is 0.106 e. The van der Waals surface area contributed by atoms with Crippen LogP contribution in [0.2, 0.25) is 0 Å². The van der Waals surface area contributed by atoms with Crippen LogP contribution in [0, 0.1) is 5.92 Å². The van der Waals surface area contributed by atoms with Crippen molar-refractivity contribution in [3.63, 3.8) is 0 Å². The number of aliphatic hydroxyl groups excluding tert-OH is 1. The van der Waals surface area contributed by atoms with Crippen molar-refractivity contribution in [1.82, 2.24) is 0 Å². The van der Waals surface area contributed by atoms with Crippen molar-refractivity contribution in [3.05, 3.63) is 0 Å². The van der Waals surface area contributed by atoms with Gasteiger partial charge in [-0.25, -0.2) is 0 Å². The van der Waals surface area contributed by atoms with Crippen LogP contribution in [-0.4, -0.2) is 17.9 Å². The van der Waals surface area contributed by atoms with Gasteiger partial charge in [0.05, 0.1) is 0 Å². The molecule has 0 aliphatic carbocycles. The van der Waals surface area contributed by atoms with Gasteiger partial charge in [0.1, 0.15) is 6.23 Å². The lowest BCUT2D eigenvalue weighted by atomic mass is 10.2. The Morgan fingerprint density at radius 2 is 2.14 bits per heavy atom. The normalized spacial score (nSPS) is 18.9. The van der Waals surface area contributed by atoms with Crippen LogP contribution in [0.25, 0.3) is 0 Å². The lowest BCUT2D eigenvalue weighted by Crippen LogP contribution is -2.32. The Bertz CT molecular complexity index is 47.0. The summed E-state index contributed by atoms with van der Waals surface area (Å²) in [4.78, 5) is 0. The summed E-state index contributed by atoms with van der Waals surface area (Å²) in [5.74, 6) is 0.0139. The zero-order chi connectivity index (χ0) is 5.86. The molecular formula is C4H12N2O. The minimum absolute atomic E-state index is 0.0139. The number of aliphatic hydroxyl groups is 1. The van der Waals surface area contributed by atoms with Gasteiger partial charge in [-0.15, -0.1) is 0 Å². The van der Waals surface area contributed by atoms with E-state index in [9.17, 15) is 0 Å². The summed E-state index contributed by atoms with van der Waals surface area (Å²) in [5, 5.41) is 8.52. The molecule has 0 aromatic rings. The second kappa shape index (κ2) is 2.96. The van der Waals surface area contributed by atoms with Crippen molar-refractivity contribution in [2.45, 2.75) is 13.2 Å². The van der Waals surface area contributed by atoms with Crippen LogP contribution in [0.4, 0.5) is 0 Å². The minimum atomic E-state index is -0.759. The average Bonchev–Trinajstić information content (AvgIpc) is 1.65. The Labute approximate surface area is 43.3 Å². The smallest absolute Gasteiger partial charge is 0.106 e. The standard InChI is InChI=1S/C4H12N2O/c1-3(2-5)4(6)7/h3-4,7H,2,5-6H2,1H3. The highest BCUT2D eigenvalue weighted by Gasteiger charge is 2.03. The van der Waals surface area contributed by atoms with Crippen LogP contribution in [0.3, 0.4) is 0 Å². The third-order valence-electron chi connectivity index (χ3n) is 0.955. The molecule has 0 saturated carbocycles. The lowest BCUT2D eigenvalue weighted by Gasteiger charge is -2.09. The second-order valence-corrected chi connectivity index (χ2v) is 1.70. The maximum atomic E-state index is 8.52. The molecule has 2 atom stereocenters. The summed E-state index contributed by atoms with van der Waals surface area (Å²) in [6, 6.07) is 0. The summed E-state index contributed by atoms with van der Waals surface area (Å²) in [5.41, 5.74) is 10.2. The van der Waals surface area contributed by atoms with Crippen molar-refractivity contribution in [3.8, 4) is 0 Å². The van der Waals surface area contributed by atoms with Crippen molar-refractivity contribution in [2.24, 2.45) is 17.4 Å². The van der Waals surface area contributed by atoms with Crippen LogP contribution in [0.5, 0.6) is 0 Å². The van der Waals surface area contributed by atoms with Gasteiger partial charge in [-0.3, -0.25) is 0 Å². The molecule has 7 heavy (non-hydrogen) atoms. The third kappa shape index (κ3) is 2.56. The first-order valence-electron chi connectivity index (χ1n) is 2.32. The first-order valence-corrected chi connectivity index (χ1v) is 2.32. The first-order chi connectivity index (χ1) is 3.18. The van der Waals surface area contributed by atoms with Gasteiger partial charge in [0, 0.05) is 5.92 Å². The number of rotatable bonds is 2. The van der Waals surface area contributed by atoms with E-state index in [2.05, 4.69) is 0 Å². The molecule has 44 valence electrons. The van der Waals surface area contributed by atoms with Gasteiger partial charge in [-0.2, -0.15) is 0 Å². The van der Waals surface area contributed by atoms with Crippen molar-refractivity contribution < 1.29 is 5.11 Å². The lowest BCUT2D eigenvalue weighted by molar-refractivity contribution is 0.127. The molecule has 0 fully saturated rings. The maximum absolute atomic E-state index is 8.52. The molecule has 0 spiro atoms. The SMILES string of the molecule is CC(CN)C(N)O. The zero-order valence-corrected chi connectivity index (χ0v) is 4.46. The average molecular weight is 104 g/mol. The van der Waals surface area contributed by atoms with Crippen LogP contribution >= 0.6 is 0 Å². The molecule has 3 heteroatoms. The Hall–Kier alpha value is -0.120. The molecule has 0 aliphatic rings. The van der Waals surface area contributed by atoms with Crippen LogP contribution in [0.15, 0.2) is 0 Å². The Morgan fingerprint density at radius 1 is 1.71 bits per heavy atom. The highest BCUT2D eigenvalue weighted by molar-refractivity contribution is 4.55. The molecule has 0 heterocycles. The number of nitrogens with two attached hydrogens (primary N) is 2. The summed E-state index contributed by atoms with van der Waals surface area (Å²) >= 11 is 0. The van der Waals surface area contributed by atoms with Crippen LogP contribution < -0.4 is 11.5 Å². The molecule has 0 amide bonds. The quantitative estimate of drug-likeness (QED) is 0.388. The van der Waals surface area contributed by atoms with Gasteiger partial charge in [0.25, 0.3) is 0 Å². The molecule has 5 N–H and O–H groups in total. The van der Waals surface area contributed by atoms with Gasteiger partial charge in [-0.05, 0) is 6.54 Å². The Balaban J connectivity index is 3.14. The highest BCUT2D eigenvalue weighted by atomic mass is 16.3. The van der Waals surface area contributed by atoms with Gasteiger partial charge in [0.2, 0.25) is 0 Å². The first kappa shape index (κ1) is 6.88. The Kier molecular flexibility index (Phi) is 2.91. The predicted molar refractivity (Wildman–Crippen MR) is 28.4 cm³/mol. The second-order valence-electron chi connectivity index (χ2n) is 1.70. The van der Waals surface area contributed by atoms with E-state index in [0.29, 0.717) is 6.54 Å². The van der Waals surface area contributed by atoms with Gasteiger partial charge < -0.3 is 16.6 Å². The van der Waals surface area contributed by atoms with Crippen LogP contribution in [0.1, 0.15) is 6.92 Å². The molecule has 0 aromatic heterocycles. The molecule has 0 aromatic carbocycles. The molecule has 0 rings (SSSR count). The van der Waals surface area contributed by atoms with E-state index >= 15 is 0 Å². The van der Waals surface area contributed by atoms with Gasteiger partial charge in [0.15, 0.2) is 0 Å². The fourth-order valence-corrected chi connectivity index (χ4v) is 0.139. The van der Waals surface area contributed by atoms with E-state index in [1.807, 2.05) is 0 Å².